The smallest absolute Gasteiger partial charge is 0.0992 e. The van der Waals surface area contributed by atoms with Gasteiger partial charge in [0.1, 0.15) is 0 Å². The number of fused-ring (bicyclic) bond motifs is 1. The summed E-state index contributed by atoms with van der Waals surface area (Å²) in [6, 6.07) is 4.20. The Balaban J connectivity index is 2.37. The van der Waals surface area contributed by atoms with Gasteiger partial charge < -0.3 is 9.72 Å². The molecular formula is C10H13N3. The predicted molar refractivity (Wildman–Crippen MR) is 52.8 cm³/mol. The number of nitrogens with zero attached hydrogens (tertiary/aromatic N) is 2. The molecule has 2 heterocycles. The second-order valence-electron chi connectivity index (χ2n) is 3.07. The first-order valence-electron chi connectivity index (χ1n) is 4.46. The third-order valence-corrected chi connectivity index (χ3v) is 2.18. The van der Waals surface area contributed by atoms with Crippen molar-refractivity contribution < 1.29 is 0 Å². The van der Waals surface area contributed by atoms with Crippen molar-refractivity contribution in [1.82, 2.24) is 14.7 Å². The van der Waals surface area contributed by atoms with Crippen LogP contribution >= 0.6 is 0 Å². The summed E-state index contributed by atoms with van der Waals surface area (Å²) in [6.45, 7) is 1.00. The van der Waals surface area contributed by atoms with Gasteiger partial charge in [-0.15, -0.1) is 0 Å². The quantitative estimate of drug-likeness (QED) is 0.756. The lowest BCUT2D eigenvalue weighted by atomic mass is 10.2. The summed E-state index contributed by atoms with van der Waals surface area (Å²) >= 11 is 0. The van der Waals surface area contributed by atoms with Gasteiger partial charge in [-0.25, -0.2) is 4.98 Å². The van der Waals surface area contributed by atoms with Crippen molar-refractivity contribution in [1.29, 1.82) is 0 Å². The van der Waals surface area contributed by atoms with Crippen molar-refractivity contribution in [3.63, 3.8) is 0 Å². The number of rotatable bonds is 3. The van der Waals surface area contributed by atoms with E-state index in [4.69, 9.17) is 0 Å². The molecule has 3 nitrogen and oxygen atoms in total. The minimum Gasteiger partial charge on any atom is -0.319 e. The summed E-state index contributed by atoms with van der Waals surface area (Å²) in [5.74, 6) is 0. The summed E-state index contributed by atoms with van der Waals surface area (Å²) in [5, 5.41) is 3.14. The summed E-state index contributed by atoms with van der Waals surface area (Å²) in [6.07, 6.45) is 6.81. The minimum absolute atomic E-state index is 1.00. The molecule has 0 saturated heterocycles. The Labute approximate surface area is 77.4 Å². The normalized spacial score (nSPS) is 10.8. The molecule has 68 valence electrons. The lowest BCUT2D eigenvalue weighted by molar-refractivity contribution is 0.792. The molecule has 0 unspecified atom stereocenters. The predicted octanol–water partition coefficient (Wildman–Crippen LogP) is 1.10. The van der Waals surface area contributed by atoms with Crippen molar-refractivity contribution in [3.05, 3.63) is 36.4 Å². The van der Waals surface area contributed by atoms with Crippen LogP contribution in [0.4, 0.5) is 0 Å². The second-order valence-corrected chi connectivity index (χ2v) is 3.07. The Morgan fingerprint density at radius 2 is 2.46 bits per heavy atom. The molecule has 0 radical (unpaired) electrons. The third kappa shape index (κ3) is 1.55. The molecule has 0 saturated carbocycles. The van der Waals surface area contributed by atoms with E-state index in [1.165, 1.54) is 11.1 Å². The average Bonchev–Trinajstić information content (AvgIpc) is 2.62. The average molecular weight is 175 g/mol. The largest absolute Gasteiger partial charge is 0.319 e. The molecule has 2 aromatic heterocycles. The number of hydrogen-bond acceptors (Lipinski definition) is 2. The van der Waals surface area contributed by atoms with Gasteiger partial charge in [-0.2, -0.15) is 0 Å². The first-order chi connectivity index (χ1) is 6.42. The Hall–Kier alpha value is -1.35. The second kappa shape index (κ2) is 3.58. The molecule has 1 N–H and O–H groups in total. The van der Waals surface area contributed by atoms with Crippen LogP contribution in [0.15, 0.2) is 30.9 Å². The maximum atomic E-state index is 4.11. The highest BCUT2D eigenvalue weighted by atomic mass is 15.0. The Bertz CT molecular complexity index is 392. The summed E-state index contributed by atoms with van der Waals surface area (Å²) in [5.41, 5.74) is 2.55. The van der Waals surface area contributed by atoms with Crippen molar-refractivity contribution in [2.45, 2.75) is 6.42 Å². The van der Waals surface area contributed by atoms with Crippen LogP contribution < -0.4 is 5.32 Å². The van der Waals surface area contributed by atoms with Crippen molar-refractivity contribution in [2.24, 2.45) is 0 Å². The molecule has 2 rings (SSSR count). The zero-order valence-corrected chi connectivity index (χ0v) is 7.70. The molecule has 0 spiro atoms. The molecule has 2 aromatic rings. The summed E-state index contributed by atoms with van der Waals surface area (Å²) in [7, 11) is 1.97. The molecule has 0 aliphatic carbocycles. The monoisotopic (exact) mass is 175 g/mol. The molecule has 0 aliphatic heterocycles. The topological polar surface area (TPSA) is 29.3 Å². The van der Waals surface area contributed by atoms with Crippen LogP contribution in [-0.4, -0.2) is 23.0 Å². The third-order valence-electron chi connectivity index (χ3n) is 2.18. The van der Waals surface area contributed by atoms with Crippen molar-refractivity contribution in [2.75, 3.05) is 13.6 Å². The van der Waals surface area contributed by atoms with E-state index in [1.54, 1.807) is 0 Å². The highest BCUT2D eigenvalue weighted by Gasteiger charge is 1.99. The fraction of sp³-hybridized carbons (Fsp3) is 0.300. The van der Waals surface area contributed by atoms with E-state index in [1.807, 2.05) is 30.2 Å². The fourth-order valence-corrected chi connectivity index (χ4v) is 1.48. The molecule has 0 atom stereocenters. The van der Waals surface area contributed by atoms with Crippen LogP contribution in [-0.2, 0) is 6.42 Å². The molecule has 13 heavy (non-hydrogen) atoms. The van der Waals surface area contributed by atoms with E-state index in [9.17, 15) is 0 Å². The molecule has 0 amide bonds. The number of nitrogens with one attached hydrogen (secondary N) is 1. The van der Waals surface area contributed by atoms with Crippen LogP contribution in [0.1, 0.15) is 5.56 Å². The van der Waals surface area contributed by atoms with Crippen LogP contribution in [0, 0.1) is 0 Å². The highest BCUT2D eigenvalue weighted by molar-refractivity contribution is 5.52. The highest BCUT2D eigenvalue weighted by Crippen LogP contribution is 2.09. The van der Waals surface area contributed by atoms with Gasteiger partial charge in [-0.05, 0) is 31.6 Å². The van der Waals surface area contributed by atoms with Crippen LogP contribution in [0.5, 0.6) is 0 Å². The Morgan fingerprint density at radius 1 is 1.54 bits per heavy atom. The van der Waals surface area contributed by atoms with Gasteiger partial charge >= 0.3 is 0 Å². The standard InChI is InChI=1S/C10H13N3/c1-11-5-4-9-3-2-6-13-8-12-7-10(9)13/h2-3,6-8,11H,4-5H2,1H3. The number of pyridine rings is 1. The van der Waals surface area contributed by atoms with Gasteiger partial charge in [0.15, 0.2) is 0 Å². The van der Waals surface area contributed by atoms with Gasteiger partial charge in [0.2, 0.25) is 0 Å². The van der Waals surface area contributed by atoms with Gasteiger partial charge in [0.25, 0.3) is 0 Å². The Morgan fingerprint density at radius 3 is 3.31 bits per heavy atom. The van der Waals surface area contributed by atoms with E-state index in [0.717, 1.165) is 13.0 Å². The van der Waals surface area contributed by atoms with Crippen LogP contribution in [0.3, 0.4) is 0 Å². The van der Waals surface area contributed by atoms with E-state index in [-0.39, 0.29) is 0 Å². The number of likely N-dealkylation sites (N-methyl/N-ethyl adjacent to an activating group) is 1. The first-order valence-corrected chi connectivity index (χ1v) is 4.46. The first kappa shape index (κ1) is 8.26. The molecule has 0 fully saturated rings. The van der Waals surface area contributed by atoms with Crippen molar-refractivity contribution >= 4 is 5.52 Å². The van der Waals surface area contributed by atoms with E-state index in [0.29, 0.717) is 0 Å². The molecular weight excluding hydrogens is 162 g/mol. The molecule has 0 aliphatic rings. The fourth-order valence-electron chi connectivity index (χ4n) is 1.48. The van der Waals surface area contributed by atoms with Gasteiger partial charge in [0, 0.05) is 6.20 Å². The van der Waals surface area contributed by atoms with E-state index >= 15 is 0 Å². The number of aromatic nitrogens is 2. The van der Waals surface area contributed by atoms with E-state index < -0.39 is 0 Å². The maximum absolute atomic E-state index is 4.11. The Kier molecular flexibility index (Phi) is 2.27. The van der Waals surface area contributed by atoms with Gasteiger partial charge in [0.05, 0.1) is 18.0 Å². The number of imidazole rings is 1. The maximum Gasteiger partial charge on any atom is 0.0992 e. The number of hydrogen-bond donors (Lipinski definition) is 1. The lowest BCUT2D eigenvalue weighted by Crippen LogP contribution is -2.10. The molecule has 0 aromatic carbocycles. The lowest BCUT2D eigenvalue weighted by Gasteiger charge is -2.02. The summed E-state index contributed by atoms with van der Waals surface area (Å²) in [4.78, 5) is 4.11. The van der Waals surface area contributed by atoms with Crippen molar-refractivity contribution in [3.8, 4) is 0 Å². The zero-order chi connectivity index (χ0) is 9.10. The van der Waals surface area contributed by atoms with Gasteiger partial charge in [-0.1, -0.05) is 6.07 Å². The minimum atomic E-state index is 1.00. The zero-order valence-electron chi connectivity index (χ0n) is 7.70. The van der Waals surface area contributed by atoms with E-state index in [2.05, 4.69) is 22.4 Å². The molecule has 0 bridgehead atoms. The SMILES string of the molecule is CNCCc1cccn2cncc12. The molecule has 3 heteroatoms. The van der Waals surface area contributed by atoms with Crippen LogP contribution in [0.2, 0.25) is 0 Å². The summed E-state index contributed by atoms with van der Waals surface area (Å²) < 4.78 is 2.05. The van der Waals surface area contributed by atoms with Gasteiger partial charge in [-0.3, -0.25) is 0 Å². The van der Waals surface area contributed by atoms with Crippen LogP contribution in [0.25, 0.3) is 5.52 Å².